The predicted octanol–water partition coefficient (Wildman–Crippen LogP) is 1.31. The normalized spacial score (nSPS) is 19.6. The number of hydrogen-bond acceptors (Lipinski definition) is 3. The zero-order chi connectivity index (χ0) is 9.68. The molecule has 1 rings (SSSR count). The minimum atomic E-state index is -1.44. The third kappa shape index (κ3) is 4.24. The molecule has 14 heavy (non-hydrogen) atoms. The van der Waals surface area contributed by atoms with Crippen LogP contribution in [0, 0.1) is 5.92 Å². The molecule has 0 spiro atoms. The van der Waals surface area contributed by atoms with Gasteiger partial charge in [0.05, 0.1) is 7.11 Å². The number of piperidine rings is 1. The Bertz CT molecular complexity index is 174. The topological polar surface area (TPSA) is 38.3 Å². The molecule has 0 bridgehead atoms. The van der Waals surface area contributed by atoms with Crippen molar-refractivity contribution in [3.05, 3.63) is 0 Å². The molecule has 0 aromatic heterocycles. The molecule has 1 atom stereocenters. The first kappa shape index (κ1) is 13.7. The summed E-state index contributed by atoms with van der Waals surface area (Å²) in [7, 11) is 1.22. The molecule has 3 nitrogen and oxygen atoms in total. The second-order valence-corrected chi connectivity index (χ2v) is 3.42. The van der Waals surface area contributed by atoms with Gasteiger partial charge in [0, 0.05) is 0 Å². The number of alkyl halides is 1. The Kier molecular flexibility index (Phi) is 6.83. The van der Waals surface area contributed by atoms with E-state index in [2.05, 4.69) is 10.1 Å². The summed E-state index contributed by atoms with van der Waals surface area (Å²) in [5, 5.41) is 3.19. The van der Waals surface area contributed by atoms with Crippen LogP contribution in [-0.2, 0) is 9.53 Å². The van der Waals surface area contributed by atoms with Crippen molar-refractivity contribution in [3.8, 4) is 0 Å². The molecule has 1 aliphatic rings. The van der Waals surface area contributed by atoms with E-state index in [1.54, 1.807) is 0 Å². The summed E-state index contributed by atoms with van der Waals surface area (Å²) in [5.74, 6) is -0.408. The van der Waals surface area contributed by atoms with Crippen LogP contribution in [0.4, 0.5) is 4.39 Å². The van der Waals surface area contributed by atoms with Crippen LogP contribution in [0.5, 0.6) is 0 Å². The SMILES string of the molecule is COC(=O)C(F)CC1CCNCC1.Cl. The van der Waals surface area contributed by atoms with Crippen LogP contribution in [-0.4, -0.2) is 32.3 Å². The predicted molar refractivity (Wildman–Crippen MR) is 54.4 cm³/mol. The Morgan fingerprint density at radius 2 is 2.14 bits per heavy atom. The fourth-order valence-corrected chi connectivity index (χ4v) is 1.63. The van der Waals surface area contributed by atoms with Crippen LogP contribution >= 0.6 is 12.4 Å². The average molecular weight is 226 g/mol. The number of ether oxygens (including phenoxy) is 1. The van der Waals surface area contributed by atoms with Crippen LogP contribution in [0.1, 0.15) is 19.3 Å². The van der Waals surface area contributed by atoms with Gasteiger partial charge >= 0.3 is 5.97 Å². The minimum Gasteiger partial charge on any atom is -0.467 e. The third-order valence-electron chi connectivity index (χ3n) is 2.46. The van der Waals surface area contributed by atoms with Crippen molar-refractivity contribution in [3.63, 3.8) is 0 Å². The van der Waals surface area contributed by atoms with E-state index >= 15 is 0 Å². The molecule has 0 amide bonds. The lowest BCUT2D eigenvalue weighted by Crippen LogP contribution is -2.30. The molecule has 1 unspecified atom stereocenters. The molecule has 1 heterocycles. The number of halogens is 2. The summed E-state index contributed by atoms with van der Waals surface area (Å²) in [6.45, 7) is 1.86. The highest BCUT2D eigenvalue weighted by atomic mass is 35.5. The lowest BCUT2D eigenvalue weighted by molar-refractivity contribution is -0.147. The zero-order valence-corrected chi connectivity index (χ0v) is 9.11. The second kappa shape index (κ2) is 7.01. The number of methoxy groups -OCH3 is 1. The number of nitrogens with one attached hydrogen (secondary N) is 1. The first-order valence-corrected chi connectivity index (χ1v) is 4.66. The van der Waals surface area contributed by atoms with Crippen molar-refractivity contribution in [1.82, 2.24) is 5.32 Å². The van der Waals surface area contributed by atoms with E-state index in [9.17, 15) is 9.18 Å². The minimum absolute atomic E-state index is 0. The average Bonchev–Trinajstić information content (AvgIpc) is 2.18. The fraction of sp³-hybridized carbons (Fsp3) is 0.889. The summed E-state index contributed by atoms with van der Waals surface area (Å²) in [5.41, 5.74) is 0. The van der Waals surface area contributed by atoms with Crippen LogP contribution < -0.4 is 5.32 Å². The van der Waals surface area contributed by atoms with Gasteiger partial charge in [-0.3, -0.25) is 0 Å². The molecule has 1 aliphatic heterocycles. The van der Waals surface area contributed by atoms with Crippen LogP contribution in [0.3, 0.4) is 0 Å². The molecular formula is C9H17ClFNO2. The van der Waals surface area contributed by atoms with Crippen LogP contribution in [0.15, 0.2) is 0 Å². The van der Waals surface area contributed by atoms with Crippen molar-refractivity contribution in [2.24, 2.45) is 5.92 Å². The lowest BCUT2D eigenvalue weighted by Gasteiger charge is -2.23. The zero-order valence-electron chi connectivity index (χ0n) is 8.29. The van der Waals surface area contributed by atoms with Crippen LogP contribution in [0.25, 0.3) is 0 Å². The van der Waals surface area contributed by atoms with Gasteiger partial charge in [0.25, 0.3) is 0 Å². The Hall–Kier alpha value is -0.350. The molecule has 0 aliphatic carbocycles. The highest BCUT2D eigenvalue weighted by Crippen LogP contribution is 2.19. The second-order valence-electron chi connectivity index (χ2n) is 3.42. The molecule has 1 saturated heterocycles. The van der Waals surface area contributed by atoms with Gasteiger partial charge in [-0.1, -0.05) is 0 Å². The highest BCUT2D eigenvalue weighted by Gasteiger charge is 2.23. The van der Waals surface area contributed by atoms with E-state index in [4.69, 9.17) is 0 Å². The van der Waals surface area contributed by atoms with E-state index < -0.39 is 12.1 Å². The molecule has 0 saturated carbocycles. The Labute approximate surface area is 89.8 Å². The van der Waals surface area contributed by atoms with Crippen LogP contribution in [0.2, 0.25) is 0 Å². The first-order valence-electron chi connectivity index (χ1n) is 4.66. The van der Waals surface area contributed by atoms with Crippen molar-refractivity contribution in [2.75, 3.05) is 20.2 Å². The molecule has 1 N–H and O–H groups in total. The maximum Gasteiger partial charge on any atom is 0.340 e. The Morgan fingerprint density at radius 3 is 2.64 bits per heavy atom. The quantitative estimate of drug-likeness (QED) is 0.736. The number of hydrogen-bond donors (Lipinski definition) is 1. The maximum atomic E-state index is 13.1. The maximum absolute atomic E-state index is 13.1. The summed E-state index contributed by atoms with van der Waals surface area (Å²) >= 11 is 0. The van der Waals surface area contributed by atoms with Gasteiger partial charge in [-0.2, -0.15) is 0 Å². The van der Waals surface area contributed by atoms with Crippen molar-refractivity contribution in [2.45, 2.75) is 25.4 Å². The fourth-order valence-electron chi connectivity index (χ4n) is 1.63. The van der Waals surface area contributed by atoms with Gasteiger partial charge in [0.15, 0.2) is 6.17 Å². The molecule has 5 heteroatoms. The van der Waals surface area contributed by atoms with Crippen molar-refractivity contribution < 1.29 is 13.9 Å². The molecule has 0 radical (unpaired) electrons. The van der Waals surface area contributed by atoms with Gasteiger partial charge in [-0.05, 0) is 38.3 Å². The van der Waals surface area contributed by atoms with E-state index in [0.717, 1.165) is 25.9 Å². The molecule has 0 aromatic carbocycles. The van der Waals surface area contributed by atoms with Crippen molar-refractivity contribution >= 4 is 18.4 Å². The largest absolute Gasteiger partial charge is 0.467 e. The number of carbonyl (C=O) groups is 1. The molecule has 0 aromatic rings. The van der Waals surface area contributed by atoms with E-state index in [0.29, 0.717) is 12.3 Å². The monoisotopic (exact) mass is 225 g/mol. The van der Waals surface area contributed by atoms with Gasteiger partial charge in [0.1, 0.15) is 0 Å². The van der Waals surface area contributed by atoms with E-state index in [-0.39, 0.29) is 12.4 Å². The smallest absolute Gasteiger partial charge is 0.340 e. The Morgan fingerprint density at radius 1 is 1.57 bits per heavy atom. The molecule has 84 valence electrons. The third-order valence-corrected chi connectivity index (χ3v) is 2.46. The highest BCUT2D eigenvalue weighted by molar-refractivity contribution is 5.85. The number of rotatable bonds is 3. The van der Waals surface area contributed by atoms with Gasteiger partial charge in [-0.15, -0.1) is 12.4 Å². The lowest BCUT2D eigenvalue weighted by atomic mass is 9.92. The van der Waals surface area contributed by atoms with Crippen molar-refractivity contribution in [1.29, 1.82) is 0 Å². The van der Waals surface area contributed by atoms with Gasteiger partial charge in [0.2, 0.25) is 0 Å². The molecular weight excluding hydrogens is 209 g/mol. The number of carbonyl (C=O) groups excluding carboxylic acids is 1. The number of esters is 1. The molecule has 1 fully saturated rings. The van der Waals surface area contributed by atoms with E-state index in [1.165, 1.54) is 7.11 Å². The summed E-state index contributed by atoms with van der Waals surface area (Å²) in [4.78, 5) is 10.8. The Balaban J connectivity index is 0.00000169. The first-order chi connectivity index (χ1) is 6.24. The summed E-state index contributed by atoms with van der Waals surface area (Å²) in [6.07, 6.45) is 0.788. The standard InChI is InChI=1S/C9H16FNO2.ClH/c1-13-9(12)8(10)6-7-2-4-11-5-3-7;/h7-8,11H,2-6H2,1H3;1H. The van der Waals surface area contributed by atoms with Gasteiger partial charge in [-0.25, -0.2) is 9.18 Å². The summed E-state index contributed by atoms with van der Waals surface area (Å²) in [6, 6.07) is 0. The summed E-state index contributed by atoms with van der Waals surface area (Å²) < 4.78 is 17.4. The van der Waals surface area contributed by atoms with E-state index in [1.807, 2.05) is 0 Å². The van der Waals surface area contributed by atoms with Gasteiger partial charge < -0.3 is 10.1 Å².